The van der Waals surface area contributed by atoms with E-state index in [2.05, 4.69) is 42.2 Å². The maximum atomic E-state index is 13.6. The number of nitrogens with two attached hydrogens (primary N) is 3. The summed E-state index contributed by atoms with van der Waals surface area (Å²) in [6.07, 6.45) is 2.11. The molecule has 0 aliphatic carbocycles. The van der Waals surface area contributed by atoms with Crippen molar-refractivity contribution < 1.29 is 53.4 Å². The number of aliphatic imine (C=N–C) groups is 1. The van der Waals surface area contributed by atoms with Gasteiger partial charge in [-0.2, -0.15) is 0 Å². The van der Waals surface area contributed by atoms with Crippen LogP contribution in [0.15, 0.2) is 17.1 Å². The normalized spacial score (nSPS) is 14.7. The summed E-state index contributed by atoms with van der Waals surface area (Å²) in [5.74, 6) is -6.34. The fraction of sp³-hybridized carbons (Fsp3) is 0.636. The zero-order valence-electron chi connectivity index (χ0n) is 31.6. The number of carbonyl (C=O) groups excluding carboxylic acids is 9. The van der Waals surface area contributed by atoms with Crippen molar-refractivity contribution in [1.82, 2.24) is 37.2 Å². The van der Waals surface area contributed by atoms with E-state index >= 15 is 0 Å². The van der Waals surface area contributed by atoms with E-state index in [1.165, 1.54) is 19.9 Å². The summed E-state index contributed by atoms with van der Waals surface area (Å²) in [5, 5.41) is 36.7. The minimum atomic E-state index is -1.63. The lowest BCUT2D eigenvalue weighted by Crippen LogP contribution is -2.60. The van der Waals surface area contributed by atoms with Crippen molar-refractivity contribution in [3.8, 4) is 0 Å². The number of unbranched alkanes of at least 4 members (excludes halogenated alkanes) is 1. The zero-order valence-corrected chi connectivity index (χ0v) is 31.6. The van der Waals surface area contributed by atoms with Gasteiger partial charge in [-0.1, -0.05) is 6.08 Å². The van der Waals surface area contributed by atoms with Crippen molar-refractivity contribution in [2.75, 3.05) is 19.7 Å². The average molecular weight is 784 g/mol. The van der Waals surface area contributed by atoms with Crippen LogP contribution in [0.5, 0.6) is 0 Å². The van der Waals surface area contributed by atoms with Crippen LogP contribution in [0.3, 0.4) is 0 Å². The number of rotatable bonds is 27. The fourth-order valence-electron chi connectivity index (χ4n) is 4.74. The lowest BCUT2D eigenvalue weighted by atomic mass is 10.1. The van der Waals surface area contributed by atoms with E-state index in [9.17, 15) is 53.4 Å². The number of aliphatic hydroxyl groups is 2. The first-order valence-corrected chi connectivity index (χ1v) is 17.6. The highest BCUT2D eigenvalue weighted by molar-refractivity contribution is 5.96. The van der Waals surface area contributed by atoms with Crippen molar-refractivity contribution in [1.29, 1.82) is 0 Å². The Morgan fingerprint density at radius 1 is 0.727 bits per heavy atom. The topological polar surface area (TPSA) is 369 Å². The molecule has 55 heavy (non-hydrogen) atoms. The van der Waals surface area contributed by atoms with Gasteiger partial charge in [0, 0.05) is 26.4 Å². The van der Waals surface area contributed by atoms with Crippen molar-refractivity contribution in [3.05, 3.63) is 12.2 Å². The van der Waals surface area contributed by atoms with Crippen molar-refractivity contribution in [2.45, 2.75) is 115 Å². The molecule has 0 aliphatic heterocycles. The Morgan fingerprint density at radius 2 is 1.29 bits per heavy atom. The highest BCUT2D eigenvalue weighted by Gasteiger charge is 2.33. The predicted molar refractivity (Wildman–Crippen MR) is 198 cm³/mol. The zero-order chi connectivity index (χ0) is 42.1. The summed E-state index contributed by atoms with van der Waals surface area (Å²) in [4.78, 5) is 116. The number of hydrogen-bond acceptors (Lipinski definition) is 12. The molecule has 310 valence electrons. The molecule has 8 amide bonds. The van der Waals surface area contributed by atoms with E-state index < -0.39 is 90.3 Å². The minimum absolute atomic E-state index is 0.0347. The van der Waals surface area contributed by atoms with Crippen LogP contribution in [0.1, 0.15) is 72.6 Å². The highest BCUT2D eigenvalue weighted by Crippen LogP contribution is 2.07. The maximum absolute atomic E-state index is 13.6. The summed E-state index contributed by atoms with van der Waals surface area (Å²) in [6, 6.07) is -8.10. The number of aliphatic hydroxyl groups excluding tert-OH is 2. The Morgan fingerprint density at radius 3 is 1.82 bits per heavy atom. The number of amides is 8. The second kappa shape index (κ2) is 27.0. The molecule has 0 saturated carbocycles. The SMILES string of the molecule is C/C=C/C(=O)NCCCC[C@H](NC(=O)[C@H](CCCN=C(N)N)NC(=O)[C@H](C)NC(=O)[C@@H](NC(=O)[C@H](CCC(N)=O)NC(C)=O)[C@@H](C)O)C(=O)N[C@H](C=O)CO. The van der Waals surface area contributed by atoms with Gasteiger partial charge in [0.2, 0.25) is 47.3 Å². The van der Waals surface area contributed by atoms with Crippen LogP contribution >= 0.6 is 0 Å². The standard InChI is InChI=1S/C33H57N11O11/c1-5-9-26(50)37-14-7-6-10-22(29(52)41-21(16-45)17-46)43-30(53)23(11-8-15-38-33(35)36)42-28(51)18(2)39-32(55)27(19(3)47)44-31(54)24(40-20(4)48)12-13-25(34)49/h5,9,16,18-19,21-24,27,46-47H,6-8,10-15,17H2,1-4H3,(H2,34,49)(H,37,50)(H,39,55)(H,40,48)(H,41,52)(H,42,51)(H,43,53)(H,44,54)(H4,35,36,38)/b9-5+/t18-,19+,21+,22-,23-,24-,27-/m0/s1. The summed E-state index contributed by atoms with van der Waals surface area (Å²) in [6.45, 7) is 4.87. The van der Waals surface area contributed by atoms with Crippen LogP contribution in [-0.4, -0.2) is 132 Å². The quantitative estimate of drug-likeness (QED) is 0.0122. The third kappa shape index (κ3) is 21.6. The molecule has 0 spiro atoms. The number of primary amides is 1. The molecule has 0 aromatic rings. The fourth-order valence-corrected chi connectivity index (χ4v) is 4.74. The van der Waals surface area contributed by atoms with Crippen LogP contribution in [0.2, 0.25) is 0 Å². The number of nitrogens with one attached hydrogen (secondary N) is 7. The Kier molecular flexibility index (Phi) is 24.2. The molecule has 15 N–H and O–H groups in total. The number of carbonyl (C=O) groups is 9. The lowest BCUT2D eigenvalue weighted by molar-refractivity contribution is -0.136. The Hall–Kier alpha value is -5.64. The predicted octanol–water partition coefficient (Wildman–Crippen LogP) is -5.31. The van der Waals surface area contributed by atoms with E-state index in [0.29, 0.717) is 19.1 Å². The van der Waals surface area contributed by atoms with Crippen LogP contribution in [0.4, 0.5) is 0 Å². The van der Waals surface area contributed by atoms with Gasteiger partial charge in [-0.05, 0) is 65.4 Å². The number of allylic oxidation sites excluding steroid dienone is 1. The molecule has 22 heteroatoms. The van der Waals surface area contributed by atoms with Crippen LogP contribution in [-0.2, 0) is 43.2 Å². The molecule has 0 radical (unpaired) electrons. The largest absolute Gasteiger partial charge is 0.394 e. The van der Waals surface area contributed by atoms with Crippen LogP contribution in [0.25, 0.3) is 0 Å². The van der Waals surface area contributed by atoms with E-state index in [4.69, 9.17) is 17.2 Å². The first-order valence-electron chi connectivity index (χ1n) is 17.6. The van der Waals surface area contributed by atoms with E-state index in [1.54, 1.807) is 13.0 Å². The molecule has 7 atom stereocenters. The third-order valence-corrected chi connectivity index (χ3v) is 7.62. The number of nitrogens with zero attached hydrogens (tertiary/aromatic N) is 1. The smallest absolute Gasteiger partial charge is 0.245 e. The molecule has 0 aliphatic rings. The summed E-state index contributed by atoms with van der Waals surface area (Å²) in [7, 11) is 0. The monoisotopic (exact) mass is 783 g/mol. The van der Waals surface area contributed by atoms with Gasteiger partial charge in [-0.3, -0.25) is 43.3 Å². The number of hydrogen-bond donors (Lipinski definition) is 12. The van der Waals surface area contributed by atoms with Gasteiger partial charge in [0.1, 0.15) is 42.5 Å². The van der Waals surface area contributed by atoms with Gasteiger partial charge >= 0.3 is 0 Å². The number of aldehydes is 1. The number of guanidine groups is 1. The minimum Gasteiger partial charge on any atom is -0.394 e. The first-order chi connectivity index (χ1) is 25.9. The summed E-state index contributed by atoms with van der Waals surface area (Å²) >= 11 is 0. The Labute approximate surface area is 319 Å². The van der Waals surface area contributed by atoms with Gasteiger partial charge in [-0.15, -0.1) is 0 Å². The van der Waals surface area contributed by atoms with Crippen LogP contribution in [0, 0.1) is 0 Å². The molecule has 0 saturated heterocycles. The van der Waals surface area contributed by atoms with Gasteiger partial charge in [-0.25, -0.2) is 0 Å². The lowest BCUT2D eigenvalue weighted by Gasteiger charge is -2.27. The summed E-state index contributed by atoms with van der Waals surface area (Å²) in [5.41, 5.74) is 15.9. The Balaban J connectivity index is 6.00. The van der Waals surface area contributed by atoms with E-state index in [-0.39, 0.29) is 57.1 Å². The molecule has 0 rings (SSSR count). The molecule has 0 aromatic carbocycles. The molecule has 0 bridgehead atoms. The second-order valence-corrected chi connectivity index (χ2v) is 12.5. The van der Waals surface area contributed by atoms with E-state index in [0.717, 1.165) is 6.92 Å². The maximum Gasteiger partial charge on any atom is 0.245 e. The van der Waals surface area contributed by atoms with Gasteiger partial charge < -0.3 is 69.4 Å². The van der Waals surface area contributed by atoms with Crippen molar-refractivity contribution in [2.24, 2.45) is 22.2 Å². The molecular weight excluding hydrogens is 726 g/mol. The van der Waals surface area contributed by atoms with E-state index in [1.807, 2.05) is 0 Å². The van der Waals surface area contributed by atoms with Crippen molar-refractivity contribution >= 4 is 59.5 Å². The molecule has 0 heterocycles. The molecule has 0 unspecified atom stereocenters. The van der Waals surface area contributed by atoms with Gasteiger partial charge in [0.15, 0.2) is 5.96 Å². The molecule has 22 nitrogen and oxygen atoms in total. The van der Waals surface area contributed by atoms with Gasteiger partial charge in [0.05, 0.1) is 12.7 Å². The second-order valence-electron chi connectivity index (χ2n) is 12.5. The molecular formula is C33H57N11O11. The highest BCUT2D eigenvalue weighted by atomic mass is 16.3. The van der Waals surface area contributed by atoms with Gasteiger partial charge in [0.25, 0.3) is 0 Å². The van der Waals surface area contributed by atoms with Crippen molar-refractivity contribution in [3.63, 3.8) is 0 Å². The first kappa shape index (κ1) is 49.4. The summed E-state index contributed by atoms with van der Waals surface area (Å²) < 4.78 is 0. The molecule has 0 fully saturated rings. The third-order valence-electron chi connectivity index (χ3n) is 7.62. The van der Waals surface area contributed by atoms with Crippen LogP contribution < -0.4 is 54.4 Å². The average Bonchev–Trinajstić information content (AvgIpc) is 3.10. The Bertz CT molecular complexity index is 1390. The molecule has 0 aromatic heterocycles.